The summed E-state index contributed by atoms with van der Waals surface area (Å²) in [5.41, 5.74) is 2.04. The second-order valence-electron chi connectivity index (χ2n) is 3.98. The maximum atomic E-state index is 11.3. The van der Waals surface area contributed by atoms with Gasteiger partial charge >= 0.3 is 5.97 Å². The Morgan fingerprint density at radius 1 is 1.33 bits per heavy atom. The Morgan fingerprint density at radius 2 is 2.00 bits per heavy atom. The van der Waals surface area contributed by atoms with Crippen molar-refractivity contribution >= 4 is 16.8 Å². The van der Waals surface area contributed by atoms with Gasteiger partial charge in [-0.15, -0.1) is 0 Å². The Morgan fingerprint density at radius 3 is 2.61 bits per heavy atom. The molecule has 100 valence electrons. The van der Waals surface area contributed by atoms with E-state index in [-0.39, 0.29) is 12.4 Å². The Bertz CT molecular complexity index is 420. The molecule has 0 aromatic heterocycles. The molecule has 0 bridgehead atoms. The number of nitrogens with one attached hydrogen (secondary N) is 1. The molecule has 18 heavy (non-hydrogen) atoms. The van der Waals surface area contributed by atoms with Crippen molar-refractivity contribution in [2.45, 2.75) is 13.0 Å². The summed E-state index contributed by atoms with van der Waals surface area (Å²) < 4.78 is 15.6. The molecule has 0 radical (unpaired) electrons. The van der Waals surface area contributed by atoms with Gasteiger partial charge in [0, 0.05) is 35.9 Å². The van der Waals surface area contributed by atoms with Crippen LogP contribution in [0, 0.1) is 0 Å². The molecule has 0 aliphatic rings. The zero-order valence-corrected chi connectivity index (χ0v) is 11.6. The fourth-order valence-electron chi connectivity index (χ4n) is 1.57. The van der Waals surface area contributed by atoms with E-state index in [0.29, 0.717) is 18.8 Å². The van der Waals surface area contributed by atoms with E-state index in [1.54, 1.807) is 6.26 Å². The molecule has 1 N–H and O–H groups in total. The van der Waals surface area contributed by atoms with Crippen molar-refractivity contribution in [3.8, 4) is 0 Å². The highest BCUT2D eigenvalue weighted by Crippen LogP contribution is 2.09. The predicted octanol–water partition coefficient (Wildman–Crippen LogP) is 0.870. The van der Waals surface area contributed by atoms with E-state index in [9.17, 15) is 9.00 Å². The van der Waals surface area contributed by atoms with Crippen molar-refractivity contribution in [1.82, 2.24) is 5.32 Å². The fraction of sp³-hybridized carbons (Fsp3) is 0.462. The number of esters is 1. The zero-order valence-electron chi connectivity index (χ0n) is 10.8. The van der Waals surface area contributed by atoms with Crippen LogP contribution in [0.1, 0.15) is 11.1 Å². The summed E-state index contributed by atoms with van der Waals surface area (Å²) in [6.07, 6.45) is 1.97. The lowest BCUT2D eigenvalue weighted by atomic mass is 10.0. The molecule has 0 spiro atoms. The second kappa shape index (κ2) is 8.00. The summed E-state index contributed by atoms with van der Waals surface area (Å²) in [4.78, 5) is 11.3. The minimum atomic E-state index is -0.776. The molecule has 5 heteroatoms. The molecule has 1 aromatic rings. The van der Waals surface area contributed by atoms with Crippen molar-refractivity contribution < 1.29 is 13.7 Å². The highest BCUT2D eigenvalue weighted by Gasteiger charge is 2.07. The third-order valence-corrected chi connectivity index (χ3v) is 3.34. The van der Waals surface area contributed by atoms with Crippen LogP contribution in [0.4, 0.5) is 0 Å². The monoisotopic (exact) mass is 269 g/mol. The van der Waals surface area contributed by atoms with Gasteiger partial charge < -0.3 is 10.1 Å². The number of methoxy groups -OCH3 is 1. The van der Waals surface area contributed by atoms with Gasteiger partial charge in [0.1, 0.15) is 0 Å². The van der Waals surface area contributed by atoms with E-state index >= 15 is 0 Å². The number of carbonyl (C=O) groups is 1. The molecule has 4 nitrogen and oxygen atoms in total. The van der Waals surface area contributed by atoms with Crippen molar-refractivity contribution in [3.05, 3.63) is 35.4 Å². The maximum Gasteiger partial charge on any atom is 0.309 e. The quantitative estimate of drug-likeness (QED) is 0.589. The summed E-state index contributed by atoms with van der Waals surface area (Å²) in [6, 6.07) is 7.75. The van der Waals surface area contributed by atoms with Crippen molar-refractivity contribution in [2.24, 2.45) is 0 Å². The minimum absolute atomic E-state index is 0.239. The van der Waals surface area contributed by atoms with Gasteiger partial charge in [-0.25, -0.2) is 0 Å². The zero-order chi connectivity index (χ0) is 13.4. The number of rotatable bonds is 7. The third kappa shape index (κ3) is 5.42. The average molecular weight is 269 g/mol. The van der Waals surface area contributed by atoms with Gasteiger partial charge in [0.05, 0.1) is 13.5 Å². The highest BCUT2D eigenvalue weighted by molar-refractivity contribution is 7.84. The molecule has 0 fully saturated rings. The van der Waals surface area contributed by atoms with E-state index in [0.717, 1.165) is 11.1 Å². The lowest BCUT2D eigenvalue weighted by Crippen LogP contribution is -2.20. The van der Waals surface area contributed by atoms with Gasteiger partial charge in [0.15, 0.2) is 0 Å². The Balaban J connectivity index is 2.53. The van der Waals surface area contributed by atoms with Gasteiger partial charge in [0.25, 0.3) is 0 Å². The van der Waals surface area contributed by atoms with Crippen LogP contribution in [0.5, 0.6) is 0 Å². The smallest absolute Gasteiger partial charge is 0.309 e. The van der Waals surface area contributed by atoms with E-state index in [1.165, 1.54) is 7.11 Å². The normalized spacial score (nSPS) is 12.1. The number of hydrogen-bond donors (Lipinski definition) is 1. The first-order valence-corrected chi connectivity index (χ1v) is 7.50. The summed E-state index contributed by atoms with van der Waals surface area (Å²) in [6.45, 7) is 1.38. The van der Waals surface area contributed by atoms with Gasteiger partial charge in [-0.2, -0.15) is 0 Å². The first-order valence-electron chi connectivity index (χ1n) is 5.78. The topological polar surface area (TPSA) is 55.4 Å². The average Bonchev–Trinajstić information content (AvgIpc) is 2.36. The molecule has 0 saturated carbocycles. The third-order valence-electron chi connectivity index (χ3n) is 2.56. The summed E-state index contributed by atoms with van der Waals surface area (Å²) in [5, 5.41) is 3.22. The van der Waals surface area contributed by atoms with Crippen LogP contribution in [0.15, 0.2) is 24.3 Å². The number of hydrogen-bond acceptors (Lipinski definition) is 4. The fourth-order valence-corrected chi connectivity index (χ4v) is 2.00. The summed E-state index contributed by atoms with van der Waals surface area (Å²) in [5.74, 6) is 0.399. The van der Waals surface area contributed by atoms with Crippen LogP contribution >= 0.6 is 0 Å². The minimum Gasteiger partial charge on any atom is -0.469 e. The van der Waals surface area contributed by atoms with E-state index in [2.05, 4.69) is 10.1 Å². The van der Waals surface area contributed by atoms with E-state index < -0.39 is 10.8 Å². The molecule has 0 amide bonds. The molecule has 1 aromatic carbocycles. The molecule has 0 saturated heterocycles. The molecule has 1 atom stereocenters. The van der Waals surface area contributed by atoms with Crippen LogP contribution in [0.2, 0.25) is 0 Å². The molecular weight excluding hydrogens is 250 g/mol. The summed E-state index contributed by atoms with van der Waals surface area (Å²) in [7, 11) is 0.613. The number of ether oxygens (including phenoxy) is 1. The molecular formula is C13H19NO3S. The number of benzene rings is 1. The van der Waals surface area contributed by atoms with Crippen molar-refractivity contribution in [3.63, 3.8) is 0 Å². The van der Waals surface area contributed by atoms with Crippen LogP contribution in [-0.2, 0) is 33.3 Å². The van der Waals surface area contributed by atoms with Crippen LogP contribution < -0.4 is 5.32 Å². The molecule has 1 unspecified atom stereocenters. The van der Waals surface area contributed by atoms with Gasteiger partial charge in [0.2, 0.25) is 0 Å². The lowest BCUT2D eigenvalue weighted by molar-refractivity contribution is -0.139. The standard InChI is InChI=1S/C13H19NO3S/c1-17-13(15)9-11-5-3-4-6-12(11)10-14-7-8-18(2)16/h3-6,14H,7-10H2,1-2H3. The van der Waals surface area contributed by atoms with E-state index in [4.69, 9.17) is 0 Å². The first kappa shape index (κ1) is 14.9. The number of carbonyl (C=O) groups excluding carboxylic acids is 1. The van der Waals surface area contributed by atoms with Gasteiger partial charge in [-0.3, -0.25) is 9.00 Å². The van der Waals surface area contributed by atoms with Crippen LogP contribution in [0.3, 0.4) is 0 Å². The van der Waals surface area contributed by atoms with Crippen molar-refractivity contribution in [1.29, 1.82) is 0 Å². The summed E-state index contributed by atoms with van der Waals surface area (Å²) >= 11 is 0. The molecule has 0 heterocycles. The SMILES string of the molecule is COC(=O)Cc1ccccc1CNCCS(C)=O. The van der Waals surface area contributed by atoms with Crippen molar-refractivity contribution in [2.75, 3.05) is 25.7 Å². The molecule has 1 rings (SSSR count). The van der Waals surface area contributed by atoms with Gasteiger partial charge in [-0.1, -0.05) is 24.3 Å². The Hall–Kier alpha value is -1.20. The Kier molecular flexibility index (Phi) is 6.60. The van der Waals surface area contributed by atoms with Crippen LogP contribution in [-0.4, -0.2) is 35.8 Å². The highest BCUT2D eigenvalue weighted by atomic mass is 32.2. The van der Waals surface area contributed by atoms with Crippen LogP contribution in [0.25, 0.3) is 0 Å². The van der Waals surface area contributed by atoms with Gasteiger partial charge in [-0.05, 0) is 11.1 Å². The largest absolute Gasteiger partial charge is 0.469 e. The molecule has 0 aliphatic carbocycles. The van der Waals surface area contributed by atoms with E-state index in [1.807, 2.05) is 24.3 Å². The Labute approximate surface area is 110 Å². The maximum absolute atomic E-state index is 11.3. The second-order valence-corrected chi connectivity index (χ2v) is 5.53. The predicted molar refractivity (Wildman–Crippen MR) is 72.8 cm³/mol. The first-order chi connectivity index (χ1) is 8.63. The lowest BCUT2D eigenvalue weighted by Gasteiger charge is -2.09. The molecule has 0 aliphatic heterocycles.